The lowest BCUT2D eigenvalue weighted by molar-refractivity contribution is -0.112. The summed E-state index contributed by atoms with van der Waals surface area (Å²) in [6.45, 7) is 2.61. The van der Waals surface area contributed by atoms with Crippen molar-refractivity contribution in [3.05, 3.63) is 29.8 Å². The smallest absolute Gasteiger partial charge is 0.218 e. The van der Waals surface area contributed by atoms with Crippen molar-refractivity contribution in [3.63, 3.8) is 0 Å². The normalized spacial score (nSPS) is 21.2. The molecular weight excluding hydrogens is 268 g/mol. The zero-order chi connectivity index (χ0) is 14.7. The van der Waals surface area contributed by atoms with E-state index < -0.39 is 0 Å². The van der Waals surface area contributed by atoms with Crippen molar-refractivity contribution in [2.45, 2.75) is 25.6 Å². The largest absolute Gasteiger partial charge is 0.497 e. The number of nitrogens with zero attached hydrogens (tertiary/aromatic N) is 3. The van der Waals surface area contributed by atoms with Gasteiger partial charge in [-0.1, -0.05) is 12.1 Å². The molecule has 2 aliphatic rings. The van der Waals surface area contributed by atoms with Gasteiger partial charge in [0.1, 0.15) is 5.75 Å². The number of likely N-dealkylation sites (tertiary alicyclic amines) is 1. The van der Waals surface area contributed by atoms with E-state index in [2.05, 4.69) is 15.3 Å². The number of carbonyl (C=O) groups excluding carboxylic acids is 1. The Balaban J connectivity index is 1.70. The number of ether oxygens (including phenoxy) is 1. The predicted molar refractivity (Wildman–Crippen MR) is 79.8 cm³/mol. The molecule has 6 heteroatoms. The van der Waals surface area contributed by atoms with E-state index in [-0.39, 0.29) is 6.17 Å². The molecule has 1 atom stereocenters. The SMILES string of the molecule is COc1ccc(CN2N=C(N3CCCC3)NC2C=O)cc1. The number of aldehydes is 1. The van der Waals surface area contributed by atoms with E-state index in [1.807, 2.05) is 24.3 Å². The minimum absolute atomic E-state index is 0.386. The van der Waals surface area contributed by atoms with Crippen LogP contribution in [0.2, 0.25) is 0 Å². The van der Waals surface area contributed by atoms with Gasteiger partial charge in [0.15, 0.2) is 12.5 Å². The van der Waals surface area contributed by atoms with Gasteiger partial charge in [0.25, 0.3) is 0 Å². The first-order chi connectivity index (χ1) is 10.3. The van der Waals surface area contributed by atoms with Crippen molar-refractivity contribution in [2.24, 2.45) is 5.10 Å². The average molecular weight is 288 g/mol. The van der Waals surface area contributed by atoms with Crippen molar-refractivity contribution >= 4 is 12.2 Å². The second-order valence-corrected chi connectivity index (χ2v) is 5.29. The van der Waals surface area contributed by atoms with E-state index in [1.165, 1.54) is 12.8 Å². The number of carbonyl (C=O) groups is 1. The second-order valence-electron chi connectivity index (χ2n) is 5.29. The summed E-state index contributed by atoms with van der Waals surface area (Å²) in [5, 5.41) is 9.54. The van der Waals surface area contributed by atoms with Crippen LogP contribution in [0.25, 0.3) is 0 Å². The quantitative estimate of drug-likeness (QED) is 0.837. The zero-order valence-corrected chi connectivity index (χ0v) is 12.2. The minimum atomic E-state index is -0.386. The van der Waals surface area contributed by atoms with E-state index in [1.54, 1.807) is 12.1 Å². The van der Waals surface area contributed by atoms with Gasteiger partial charge in [0.05, 0.1) is 13.7 Å². The maximum Gasteiger partial charge on any atom is 0.218 e. The van der Waals surface area contributed by atoms with Crippen LogP contribution in [0.5, 0.6) is 5.75 Å². The standard InChI is InChI=1S/C15H20N4O2/c1-21-13-6-4-12(5-7-13)10-19-14(11-20)16-15(17-19)18-8-2-3-9-18/h4-7,11,14H,2-3,8-10H2,1H3,(H,16,17). The summed E-state index contributed by atoms with van der Waals surface area (Å²) in [5.41, 5.74) is 1.09. The summed E-state index contributed by atoms with van der Waals surface area (Å²) in [7, 11) is 1.65. The summed E-state index contributed by atoms with van der Waals surface area (Å²) in [4.78, 5) is 13.5. The summed E-state index contributed by atoms with van der Waals surface area (Å²) in [5.74, 6) is 1.64. The molecule has 2 aliphatic heterocycles. The van der Waals surface area contributed by atoms with Crippen LogP contribution >= 0.6 is 0 Å². The number of methoxy groups -OCH3 is 1. The van der Waals surface area contributed by atoms with Crippen LogP contribution in [0, 0.1) is 0 Å². The van der Waals surface area contributed by atoms with E-state index in [4.69, 9.17) is 4.74 Å². The Morgan fingerprint density at radius 2 is 2.05 bits per heavy atom. The number of rotatable bonds is 4. The van der Waals surface area contributed by atoms with Crippen LogP contribution in [0.15, 0.2) is 29.4 Å². The lowest BCUT2D eigenvalue weighted by Gasteiger charge is -2.18. The highest BCUT2D eigenvalue weighted by atomic mass is 16.5. The summed E-state index contributed by atoms with van der Waals surface area (Å²) < 4.78 is 5.15. The minimum Gasteiger partial charge on any atom is -0.497 e. The molecule has 2 heterocycles. The molecule has 0 radical (unpaired) electrons. The van der Waals surface area contributed by atoms with Crippen molar-refractivity contribution in [1.29, 1.82) is 0 Å². The summed E-state index contributed by atoms with van der Waals surface area (Å²) in [6.07, 6.45) is 2.88. The van der Waals surface area contributed by atoms with Gasteiger partial charge in [-0.3, -0.25) is 9.80 Å². The van der Waals surface area contributed by atoms with Gasteiger partial charge in [-0.25, -0.2) is 0 Å². The monoisotopic (exact) mass is 288 g/mol. The average Bonchev–Trinajstić information content (AvgIpc) is 3.17. The topological polar surface area (TPSA) is 57.2 Å². The first-order valence-corrected chi connectivity index (χ1v) is 7.25. The molecule has 1 fully saturated rings. The molecule has 6 nitrogen and oxygen atoms in total. The van der Waals surface area contributed by atoms with Gasteiger partial charge in [0, 0.05) is 13.1 Å². The molecule has 21 heavy (non-hydrogen) atoms. The lowest BCUT2D eigenvalue weighted by atomic mass is 10.2. The van der Waals surface area contributed by atoms with E-state index >= 15 is 0 Å². The molecule has 0 amide bonds. The van der Waals surface area contributed by atoms with Crippen LogP contribution in [0.3, 0.4) is 0 Å². The van der Waals surface area contributed by atoms with Gasteiger partial charge >= 0.3 is 0 Å². The highest BCUT2D eigenvalue weighted by Crippen LogP contribution is 2.17. The third kappa shape index (κ3) is 2.94. The fourth-order valence-corrected chi connectivity index (χ4v) is 2.66. The summed E-state index contributed by atoms with van der Waals surface area (Å²) >= 11 is 0. The Kier molecular flexibility index (Phi) is 3.94. The molecule has 0 spiro atoms. The van der Waals surface area contributed by atoms with E-state index in [0.717, 1.165) is 36.6 Å². The zero-order valence-electron chi connectivity index (χ0n) is 12.2. The molecule has 3 rings (SSSR count). The fourth-order valence-electron chi connectivity index (χ4n) is 2.66. The van der Waals surface area contributed by atoms with Crippen LogP contribution < -0.4 is 10.1 Å². The van der Waals surface area contributed by atoms with Crippen LogP contribution in [-0.2, 0) is 11.3 Å². The highest BCUT2D eigenvalue weighted by molar-refractivity contribution is 5.84. The molecule has 0 aliphatic carbocycles. The first-order valence-electron chi connectivity index (χ1n) is 7.25. The van der Waals surface area contributed by atoms with Crippen molar-refractivity contribution < 1.29 is 9.53 Å². The number of benzene rings is 1. The van der Waals surface area contributed by atoms with Crippen molar-refractivity contribution in [2.75, 3.05) is 20.2 Å². The fraction of sp³-hybridized carbons (Fsp3) is 0.467. The molecule has 1 aromatic carbocycles. The molecule has 1 aromatic rings. The lowest BCUT2D eigenvalue weighted by Crippen LogP contribution is -2.44. The van der Waals surface area contributed by atoms with Crippen molar-refractivity contribution in [1.82, 2.24) is 15.2 Å². The van der Waals surface area contributed by atoms with Gasteiger partial charge < -0.3 is 15.0 Å². The third-order valence-electron chi connectivity index (χ3n) is 3.86. The Labute approximate surface area is 124 Å². The number of hydrogen-bond acceptors (Lipinski definition) is 6. The Morgan fingerprint density at radius 1 is 1.33 bits per heavy atom. The number of hydrazone groups is 1. The summed E-state index contributed by atoms with van der Waals surface area (Å²) in [6, 6.07) is 7.81. The van der Waals surface area contributed by atoms with Gasteiger partial charge in [-0.15, -0.1) is 5.10 Å². The van der Waals surface area contributed by atoms with Crippen molar-refractivity contribution in [3.8, 4) is 5.75 Å². The second kappa shape index (κ2) is 6.03. The van der Waals surface area contributed by atoms with Gasteiger partial charge in [-0.2, -0.15) is 0 Å². The molecule has 0 aromatic heterocycles. The van der Waals surface area contributed by atoms with E-state index in [0.29, 0.717) is 6.54 Å². The molecule has 1 saturated heterocycles. The Morgan fingerprint density at radius 3 is 2.67 bits per heavy atom. The third-order valence-corrected chi connectivity index (χ3v) is 3.86. The molecule has 1 N–H and O–H groups in total. The van der Waals surface area contributed by atoms with Crippen LogP contribution in [0.1, 0.15) is 18.4 Å². The number of hydrogen-bond donors (Lipinski definition) is 1. The van der Waals surface area contributed by atoms with Gasteiger partial charge in [-0.05, 0) is 30.5 Å². The van der Waals surface area contributed by atoms with E-state index in [9.17, 15) is 4.79 Å². The maximum absolute atomic E-state index is 11.3. The molecule has 112 valence electrons. The molecule has 0 saturated carbocycles. The molecular formula is C15H20N4O2. The van der Waals surface area contributed by atoms with Crippen LogP contribution in [0.4, 0.5) is 0 Å². The number of nitrogens with one attached hydrogen (secondary N) is 1. The van der Waals surface area contributed by atoms with Gasteiger partial charge in [0.2, 0.25) is 5.96 Å². The number of guanidine groups is 1. The molecule has 0 bridgehead atoms. The Bertz CT molecular complexity index is 523. The first kappa shape index (κ1) is 13.7. The predicted octanol–water partition coefficient (Wildman–Crippen LogP) is 0.992. The Hall–Kier alpha value is -2.24. The van der Waals surface area contributed by atoms with Crippen LogP contribution in [-0.4, -0.2) is 48.5 Å². The highest BCUT2D eigenvalue weighted by Gasteiger charge is 2.29. The maximum atomic E-state index is 11.3. The molecule has 1 unspecified atom stereocenters.